The number of hydrogen-bond donors (Lipinski definition) is 2. The van der Waals surface area contributed by atoms with Gasteiger partial charge in [0.15, 0.2) is 0 Å². The van der Waals surface area contributed by atoms with E-state index >= 15 is 0 Å². The van der Waals surface area contributed by atoms with Crippen LogP contribution in [0.25, 0.3) is 0 Å². The van der Waals surface area contributed by atoms with E-state index in [4.69, 9.17) is 5.11 Å². The van der Waals surface area contributed by atoms with Gasteiger partial charge in [-0.05, 0) is 25.7 Å². The molecule has 2 N–H and O–H groups in total. The van der Waals surface area contributed by atoms with Crippen molar-refractivity contribution in [2.45, 2.75) is 38.1 Å². The maximum Gasteiger partial charge on any atom is 0.317 e. The standard InChI is InChI=1S/C11H18N2O3/c14-10(15)8-4-3-5-9(8)12-11(16)13-6-1-2-7-13/h8-9H,1-7H2,(H,12,16)(H,14,15). The summed E-state index contributed by atoms with van der Waals surface area (Å²) in [6, 6.07) is -0.263. The van der Waals surface area contributed by atoms with Gasteiger partial charge in [-0.2, -0.15) is 0 Å². The normalized spacial score (nSPS) is 29.4. The topological polar surface area (TPSA) is 69.6 Å². The van der Waals surface area contributed by atoms with E-state index in [-0.39, 0.29) is 12.1 Å². The third kappa shape index (κ3) is 2.28. The molecule has 2 atom stereocenters. The molecule has 5 nitrogen and oxygen atoms in total. The zero-order valence-corrected chi connectivity index (χ0v) is 9.32. The summed E-state index contributed by atoms with van der Waals surface area (Å²) in [6.07, 6.45) is 4.47. The Balaban J connectivity index is 1.88. The van der Waals surface area contributed by atoms with Crippen LogP contribution in [0.1, 0.15) is 32.1 Å². The van der Waals surface area contributed by atoms with E-state index in [2.05, 4.69) is 5.32 Å². The number of rotatable bonds is 2. The lowest BCUT2D eigenvalue weighted by Crippen LogP contribution is -2.46. The van der Waals surface area contributed by atoms with Crippen molar-refractivity contribution in [3.8, 4) is 0 Å². The van der Waals surface area contributed by atoms with Gasteiger partial charge in [0.25, 0.3) is 0 Å². The molecule has 0 aromatic heterocycles. The van der Waals surface area contributed by atoms with Crippen LogP contribution in [0.2, 0.25) is 0 Å². The van der Waals surface area contributed by atoms with Crippen LogP contribution in [-0.2, 0) is 4.79 Å². The van der Waals surface area contributed by atoms with Crippen molar-refractivity contribution in [3.05, 3.63) is 0 Å². The van der Waals surface area contributed by atoms with Gasteiger partial charge in [0, 0.05) is 19.1 Å². The van der Waals surface area contributed by atoms with E-state index in [1.54, 1.807) is 4.90 Å². The molecule has 2 unspecified atom stereocenters. The average Bonchev–Trinajstić information content (AvgIpc) is 2.86. The summed E-state index contributed by atoms with van der Waals surface area (Å²) in [5.41, 5.74) is 0. The fourth-order valence-electron chi connectivity index (χ4n) is 2.60. The summed E-state index contributed by atoms with van der Waals surface area (Å²) in [7, 11) is 0. The fraction of sp³-hybridized carbons (Fsp3) is 0.818. The summed E-state index contributed by atoms with van der Waals surface area (Å²) < 4.78 is 0. The van der Waals surface area contributed by atoms with Gasteiger partial charge in [0.1, 0.15) is 0 Å². The van der Waals surface area contributed by atoms with E-state index in [1.807, 2.05) is 0 Å². The number of hydrogen-bond acceptors (Lipinski definition) is 2. The lowest BCUT2D eigenvalue weighted by atomic mass is 10.0. The SMILES string of the molecule is O=C(O)C1CCCC1NC(=O)N1CCCC1. The van der Waals surface area contributed by atoms with E-state index in [9.17, 15) is 9.59 Å². The molecule has 0 spiro atoms. The summed E-state index contributed by atoms with van der Waals surface area (Å²) in [5, 5.41) is 11.9. The number of carbonyl (C=O) groups is 2. The summed E-state index contributed by atoms with van der Waals surface area (Å²) in [6.45, 7) is 1.60. The molecule has 1 saturated heterocycles. The predicted octanol–water partition coefficient (Wildman–Crippen LogP) is 1.05. The number of carboxylic acid groups (broad SMARTS) is 1. The summed E-state index contributed by atoms with van der Waals surface area (Å²) in [4.78, 5) is 24.5. The largest absolute Gasteiger partial charge is 0.481 e. The highest BCUT2D eigenvalue weighted by molar-refractivity contribution is 5.77. The quantitative estimate of drug-likeness (QED) is 0.739. The molecule has 0 aromatic carbocycles. The van der Waals surface area contributed by atoms with Crippen molar-refractivity contribution in [1.82, 2.24) is 10.2 Å². The second-order valence-corrected chi connectivity index (χ2v) is 4.63. The fourth-order valence-corrected chi connectivity index (χ4v) is 2.60. The molecule has 90 valence electrons. The second-order valence-electron chi connectivity index (χ2n) is 4.63. The van der Waals surface area contributed by atoms with Gasteiger partial charge in [-0.25, -0.2) is 4.79 Å². The molecule has 1 heterocycles. The van der Waals surface area contributed by atoms with Crippen molar-refractivity contribution >= 4 is 12.0 Å². The van der Waals surface area contributed by atoms with Crippen molar-refractivity contribution in [2.75, 3.05) is 13.1 Å². The first-order valence-corrected chi connectivity index (χ1v) is 5.97. The van der Waals surface area contributed by atoms with Crippen LogP contribution in [0.4, 0.5) is 4.79 Å². The molecular weight excluding hydrogens is 208 g/mol. The highest BCUT2D eigenvalue weighted by atomic mass is 16.4. The van der Waals surface area contributed by atoms with Crippen LogP contribution >= 0.6 is 0 Å². The maximum atomic E-state index is 11.8. The molecule has 5 heteroatoms. The Morgan fingerprint density at radius 3 is 2.44 bits per heavy atom. The third-order valence-corrected chi connectivity index (χ3v) is 3.54. The molecule has 1 aliphatic heterocycles. The zero-order chi connectivity index (χ0) is 11.5. The van der Waals surface area contributed by atoms with Crippen LogP contribution in [0.15, 0.2) is 0 Å². The number of carboxylic acids is 1. The Bertz CT molecular complexity index is 287. The van der Waals surface area contributed by atoms with Crippen LogP contribution in [0.3, 0.4) is 0 Å². The van der Waals surface area contributed by atoms with Gasteiger partial charge < -0.3 is 15.3 Å². The van der Waals surface area contributed by atoms with Gasteiger partial charge in [-0.3, -0.25) is 4.79 Å². The number of likely N-dealkylation sites (tertiary alicyclic amines) is 1. The Morgan fingerprint density at radius 1 is 1.12 bits per heavy atom. The van der Waals surface area contributed by atoms with Crippen LogP contribution in [0.5, 0.6) is 0 Å². The molecule has 0 bridgehead atoms. The monoisotopic (exact) mass is 226 g/mol. The molecule has 1 saturated carbocycles. The van der Waals surface area contributed by atoms with Gasteiger partial charge in [-0.15, -0.1) is 0 Å². The Morgan fingerprint density at radius 2 is 1.81 bits per heavy atom. The minimum Gasteiger partial charge on any atom is -0.481 e. The highest BCUT2D eigenvalue weighted by Crippen LogP contribution is 2.26. The molecule has 16 heavy (non-hydrogen) atoms. The lowest BCUT2D eigenvalue weighted by Gasteiger charge is -2.22. The zero-order valence-electron chi connectivity index (χ0n) is 9.32. The number of amides is 2. The van der Waals surface area contributed by atoms with Gasteiger partial charge >= 0.3 is 12.0 Å². The van der Waals surface area contributed by atoms with Gasteiger partial charge in [0.2, 0.25) is 0 Å². The van der Waals surface area contributed by atoms with E-state index in [1.165, 1.54) is 0 Å². The van der Waals surface area contributed by atoms with E-state index in [0.29, 0.717) is 6.42 Å². The first-order valence-electron chi connectivity index (χ1n) is 5.97. The number of nitrogens with one attached hydrogen (secondary N) is 1. The lowest BCUT2D eigenvalue weighted by molar-refractivity contribution is -0.142. The maximum absolute atomic E-state index is 11.8. The molecule has 2 rings (SSSR count). The first-order chi connectivity index (χ1) is 7.68. The van der Waals surface area contributed by atoms with Crippen LogP contribution < -0.4 is 5.32 Å². The van der Waals surface area contributed by atoms with Crippen LogP contribution in [0, 0.1) is 5.92 Å². The summed E-state index contributed by atoms with van der Waals surface area (Å²) >= 11 is 0. The van der Waals surface area contributed by atoms with Crippen molar-refractivity contribution in [3.63, 3.8) is 0 Å². The third-order valence-electron chi connectivity index (χ3n) is 3.54. The number of carbonyl (C=O) groups excluding carboxylic acids is 1. The molecule has 2 aliphatic rings. The van der Waals surface area contributed by atoms with Crippen molar-refractivity contribution in [1.29, 1.82) is 0 Å². The number of aliphatic carboxylic acids is 1. The van der Waals surface area contributed by atoms with E-state index in [0.717, 1.165) is 38.8 Å². The number of nitrogens with zero attached hydrogens (tertiary/aromatic N) is 1. The Kier molecular flexibility index (Phi) is 3.31. The Labute approximate surface area is 94.8 Å². The molecule has 2 amide bonds. The van der Waals surface area contributed by atoms with Gasteiger partial charge in [-0.1, -0.05) is 6.42 Å². The number of urea groups is 1. The molecule has 2 fully saturated rings. The Hall–Kier alpha value is -1.26. The predicted molar refractivity (Wildman–Crippen MR) is 58.1 cm³/mol. The first kappa shape index (κ1) is 11.2. The smallest absolute Gasteiger partial charge is 0.317 e. The molecule has 1 aliphatic carbocycles. The van der Waals surface area contributed by atoms with Gasteiger partial charge in [0.05, 0.1) is 5.92 Å². The van der Waals surface area contributed by atoms with E-state index < -0.39 is 11.9 Å². The highest BCUT2D eigenvalue weighted by Gasteiger charge is 2.34. The molecule has 0 radical (unpaired) electrons. The summed E-state index contributed by atoms with van der Waals surface area (Å²) in [5.74, 6) is -1.18. The minimum absolute atomic E-state index is 0.0874. The minimum atomic E-state index is -0.788. The average molecular weight is 226 g/mol. The van der Waals surface area contributed by atoms with Crippen molar-refractivity contribution < 1.29 is 14.7 Å². The van der Waals surface area contributed by atoms with Crippen LogP contribution in [-0.4, -0.2) is 41.1 Å². The molecule has 0 aromatic rings. The second kappa shape index (κ2) is 4.72. The molecular formula is C11H18N2O3. The van der Waals surface area contributed by atoms with Crippen molar-refractivity contribution in [2.24, 2.45) is 5.92 Å².